The summed E-state index contributed by atoms with van der Waals surface area (Å²) in [6, 6.07) is 21.3. The van der Waals surface area contributed by atoms with Gasteiger partial charge in [-0.3, -0.25) is 0 Å². The van der Waals surface area contributed by atoms with Crippen LogP contribution in [0, 0.1) is 27.7 Å². The van der Waals surface area contributed by atoms with Crippen LogP contribution in [-0.2, 0) is 45.1 Å². The highest BCUT2D eigenvalue weighted by Crippen LogP contribution is 2.47. The first-order chi connectivity index (χ1) is 35.3. The molecule has 0 unspecified atom stereocenters. The molecule has 6 aliphatic heterocycles. The lowest BCUT2D eigenvalue weighted by molar-refractivity contribution is 0.0639. The van der Waals surface area contributed by atoms with E-state index >= 15 is 0 Å². The molecule has 0 radical (unpaired) electrons. The molecule has 0 N–H and O–H groups in total. The summed E-state index contributed by atoms with van der Waals surface area (Å²) >= 11 is 0. The number of anilines is 4. The molecule has 5 aromatic carbocycles. The first-order valence-corrected chi connectivity index (χ1v) is 25.4. The van der Waals surface area contributed by atoms with Crippen LogP contribution < -0.4 is 57.5 Å². The first kappa shape index (κ1) is 47.8. The van der Waals surface area contributed by atoms with Crippen molar-refractivity contribution in [1.29, 1.82) is 0 Å². The largest absolute Gasteiger partial charge is 0.487 e. The molecular weight excluding hydrogens is 921 g/mol. The highest BCUT2D eigenvalue weighted by molar-refractivity contribution is 5.74. The van der Waals surface area contributed by atoms with Crippen molar-refractivity contribution in [1.82, 2.24) is 0 Å². The number of benzene rings is 5. The van der Waals surface area contributed by atoms with Crippen molar-refractivity contribution >= 4 is 22.7 Å². The van der Waals surface area contributed by atoms with E-state index in [9.17, 15) is 0 Å². The van der Waals surface area contributed by atoms with Crippen molar-refractivity contribution < 1.29 is 56.8 Å². The summed E-state index contributed by atoms with van der Waals surface area (Å²) in [6.07, 6.45) is 0. The van der Waals surface area contributed by atoms with Gasteiger partial charge in [-0.1, -0.05) is 6.07 Å². The van der Waals surface area contributed by atoms with Crippen LogP contribution >= 0.6 is 0 Å². The smallest absolute Gasteiger partial charge is 0.163 e. The van der Waals surface area contributed by atoms with Crippen molar-refractivity contribution in [2.24, 2.45) is 0 Å². The third-order valence-corrected chi connectivity index (χ3v) is 14.1. The molecule has 16 heteroatoms. The van der Waals surface area contributed by atoms with E-state index in [1.165, 1.54) is 33.6 Å². The van der Waals surface area contributed by atoms with Gasteiger partial charge in [0.15, 0.2) is 46.0 Å². The minimum Gasteiger partial charge on any atom is -0.487 e. The SMILES string of the molecule is Cc1cc2c(cc1C)N1Cc3cc4c(cc3N(C2)C1)OCCOCCOc1cc2c(cc1OCCOCCO4)CN1CN2Cc2cc3c(cc21)OCCOCCOc1cc(C)c(C)cc1OCCOCCO3. The van der Waals surface area contributed by atoms with Gasteiger partial charge in [0.2, 0.25) is 0 Å². The molecule has 5 aromatic rings. The minimum absolute atomic E-state index is 0.339. The van der Waals surface area contributed by atoms with Gasteiger partial charge in [-0.25, -0.2) is 0 Å². The van der Waals surface area contributed by atoms with Crippen LogP contribution in [0.4, 0.5) is 22.7 Å². The molecule has 16 nitrogen and oxygen atoms in total. The number of hydrogen-bond donors (Lipinski definition) is 0. The molecule has 6 heterocycles. The number of rotatable bonds is 0. The van der Waals surface area contributed by atoms with Crippen LogP contribution in [-0.4, -0.2) is 119 Å². The van der Waals surface area contributed by atoms with Crippen LogP contribution in [0.1, 0.15) is 44.5 Å². The average Bonchev–Trinajstić information content (AvgIpc) is 3.37. The maximum Gasteiger partial charge on any atom is 0.163 e. The maximum atomic E-state index is 6.44. The molecule has 72 heavy (non-hydrogen) atoms. The summed E-state index contributed by atoms with van der Waals surface area (Å²) in [5.41, 5.74) is 14.4. The lowest BCUT2D eigenvalue weighted by Gasteiger charge is -2.45. The van der Waals surface area contributed by atoms with Gasteiger partial charge < -0.3 is 76.4 Å². The monoisotopic (exact) mass is 986 g/mol. The van der Waals surface area contributed by atoms with Crippen molar-refractivity contribution in [3.63, 3.8) is 0 Å². The Bertz CT molecular complexity index is 2750. The second-order valence-electron chi connectivity index (χ2n) is 19.0. The summed E-state index contributed by atoms with van der Waals surface area (Å²) in [6.45, 7) is 19.0. The van der Waals surface area contributed by atoms with Crippen LogP contribution in [0.2, 0.25) is 0 Å². The van der Waals surface area contributed by atoms with Gasteiger partial charge in [-0.05, 0) is 109 Å². The third kappa shape index (κ3) is 10.5. The Kier molecular flexibility index (Phi) is 14.4. The van der Waals surface area contributed by atoms with Gasteiger partial charge in [0, 0.05) is 67.1 Å². The molecular formula is C56H66N4O12. The number of hydrogen-bond acceptors (Lipinski definition) is 16. The maximum absolute atomic E-state index is 6.44. The Labute approximate surface area is 422 Å². The molecule has 4 bridgehead atoms. The van der Waals surface area contributed by atoms with Crippen LogP contribution in [0.5, 0.6) is 46.0 Å². The summed E-state index contributed by atoms with van der Waals surface area (Å²) in [4.78, 5) is 9.59. The topological polar surface area (TPSA) is 124 Å². The molecule has 0 aromatic heterocycles. The summed E-state index contributed by atoms with van der Waals surface area (Å²) in [5, 5.41) is 0. The summed E-state index contributed by atoms with van der Waals surface area (Å²) in [7, 11) is 0. The molecule has 0 spiro atoms. The Hall–Kier alpha value is -6.46. The Balaban J connectivity index is 0.738. The second kappa shape index (κ2) is 21.7. The van der Waals surface area contributed by atoms with E-state index in [0.717, 1.165) is 53.4 Å². The first-order valence-electron chi connectivity index (χ1n) is 25.4. The number of nitrogens with zero attached hydrogens (tertiary/aromatic N) is 4. The Morgan fingerprint density at radius 2 is 0.472 bits per heavy atom. The van der Waals surface area contributed by atoms with Crippen molar-refractivity contribution in [3.8, 4) is 46.0 Å². The number of ether oxygens (including phenoxy) is 12. The fraction of sp³-hybridized carbons (Fsp3) is 0.464. The molecule has 0 saturated carbocycles. The Morgan fingerprint density at radius 1 is 0.250 bits per heavy atom. The van der Waals surface area contributed by atoms with Crippen molar-refractivity contribution in [2.75, 3.05) is 139 Å². The molecule has 0 fully saturated rings. The van der Waals surface area contributed by atoms with Crippen LogP contribution in [0.3, 0.4) is 0 Å². The zero-order chi connectivity index (χ0) is 49.0. The molecule has 0 atom stereocenters. The normalized spacial score (nSPS) is 18.7. The van der Waals surface area contributed by atoms with Gasteiger partial charge in [0.25, 0.3) is 0 Å². The predicted molar refractivity (Wildman–Crippen MR) is 273 cm³/mol. The number of fused-ring (bicyclic) bond motifs is 16. The van der Waals surface area contributed by atoms with Crippen molar-refractivity contribution in [2.45, 2.75) is 53.9 Å². The molecule has 0 saturated heterocycles. The molecule has 0 aliphatic carbocycles. The van der Waals surface area contributed by atoms with Crippen molar-refractivity contribution in [3.05, 3.63) is 105 Å². The van der Waals surface area contributed by atoms with E-state index in [4.69, 9.17) is 56.8 Å². The highest BCUT2D eigenvalue weighted by Gasteiger charge is 2.34. The van der Waals surface area contributed by atoms with Gasteiger partial charge in [-0.15, -0.1) is 0 Å². The lowest BCUT2D eigenvalue weighted by atomic mass is 9.97. The zero-order valence-corrected chi connectivity index (χ0v) is 42.0. The van der Waals surface area contributed by atoms with Gasteiger partial charge in [-0.2, -0.15) is 0 Å². The lowest BCUT2D eigenvalue weighted by Crippen LogP contribution is -2.46. The van der Waals surface area contributed by atoms with Gasteiger partial charge in [0.05, 0.1) is 66.2 Å². The quantitative estimate of drug-likeness (QED) is 0.149. The third-order valence-electron chi connectivity index (χ3n) is 14.1. The van der Waals surface area contributed by atoms with E-state index in [1.54, 1.807) is 0 Å². The zero-order valence-electron chi connectivity index (χ0n) is 42.0. The van der Waals surface area contributed by atoms with E-state index in [0.29, 0.717) is 171 Å². The van der Waals surface area contributed by atoms with E-state index in [-0.39, 0.29) is 0 Å². The standard InChI is InChI=1S/C56H66N4O12/c1-37-21-41-31-58-35-57(45(41)22-38(37)2)32-42-25-51-54(28-46(42)58)70-19-11-64-12-20-72-56-30-48-44(27-53(56)69-17-9-63-8-16-67-51)34-59-36-60(48)33-43-26-52-55(29-47(43)59)71-18-10-62-6-14-66-50-24-40(4)39(3)23-49(50)65-13-5-61-7-15-68-52/h21-30H,5-20,31-36H2,1-4H3. The van der Waals surface area contributed by atoms with E-state index in [2.05, 4.69) is 95.8 Å². The van der Waals surface area contributed by atoms with E-state index < -0.39 is 0 Å². The van der Waals surface area contributed by atoms with Crippen LogP contribution in [0.15, 0.2) is 60.7 Å². The number of aryl methyl sites for hydroxylation is 4. The fourth-order valence-electron chi connectivity index (χ4n) is 10.2. The van der Waals surface area contributed by atoms with Gasteiger partial charge in [0.1, 0.15) is 52.9 Å². The van der Waals surface area contributed by atoms with Gasteiger partial charge >= 0.3 is 0 Å². The highest BCUT2D eigenvalue weighted by atomic mass is 16.6. The van der Waals surface area contributed by atoms with E-state index in [1.807, 2.05) is 12.1 Å². The molecule has 0 amide bonds. The molecule has 6 aliphatic rings. The fourth-order valence-corrected chi connectivity index (χ4v) is 10.2. The molecule has 11 rings (SSSR count). The summed E-state index contributed by atoms with van der Waals surface area (Å²) < 4.78 is 74.5. The summed E-state index contributed by atoms with van der Waals surface area (Å²) in [5.74, 6) is 5.45. The average molecular weight is 987 g/mol. The second-order valence-corrected chi connectivity index (χ2v) is 19.0. The molecule has 382 valence electrons. The predicted octanol–water partition coefficient (Wildman–Crippen LogP) is 8.04. The van der Waals surface area contributed by atoms with Crippen LogP contribution in [0.25, 0.3) is 0 Å². The minimum atomic E-state index is 0.339. The Morgan fingerprint density at radius 3 is 0.778 bits per heavy atom.